The summed E-state index contributed by atoms with van der Waals surface area (Å²) < 4.78 is 25.6. The van der Waals surface area contributed by atoms with Gasteiger partial charge in [0, 0.05) is 25.8 Å². The number of nitrogens with one attached hydrogen (secondary N) is 1. The van der Waals surface area contributed by atoms with Gasteiger partial charge in [0.25, 0.3) is 0 Å². The van der Waals surface area contributed by atoms with Crippen molar-refractivity contribution in [2.75, 3.05) is 26.1 Å². The Bertz CT molecular complexity index is 829. The van der Waals surface area contributed by atoms with E-state index in [4.69, 9.17) is 9.47 Å². The predicted molar refractivity (Wildman–Crippen MR) is 99.8 cm³/mol. The normalized spacial score (nSPS) is 10.7. The third kappa shape index (κ3) is 4.21. The summed E-state index contributed by atoms with van der Waals surface area (Å²) in [6.07, 6.45) is 1.79. The highest BCUT2D eigenvalue weighted by Crippen LogP contribution is 2.24. The molecule has 3 rings (SSSR count). The van der Waals surface area contributed by atoms with Crippen LogP contribution in [0.2, 0.25) is 0 Å². The Morgan fingerprint density at radius 1 is 1.04 bits per heavy atom. The Kier molecular flexibility index (Phi) is 5.86. The zero-order valence-electron chi connectivity index (χ0n) is 14.9. The predicted octanol–water partition coefficient (Wildman–Crippen LogP) is 3.96. The molecule has 0 bridgehead atoms. The number of ether oxygens (including phenoxy) is 2. The highest BCUT2D eigenvalue weighted by atomic mass is 19.1. The first-order valence-electron chi connectivity index (χ1n) is 8.38. The summed E-state index contributed by atoms with van der Waals surface area (Å²) in [6.45, 7) is 1.84. The molecule has 3 aromatic rings. The van der Waals surface area contributed by atoms with Gasteiger partial charge in [0.2, 0.25) is 5.95 Å². The maximum atomic E-state index is 13.2. The van der Waals surface area contributed by atoms with Crippen molar-refractivity contribution in [1.82, 2.24) is 9.55 Å². The topological polar surface area (TPSA) is 48.3 Å². The summed E-state index contributed by atoms with van der Waals surface area (Å²) in [4.78, 5) is 4.49. The molecule has 1 aromatic heterocycles. The first-order valence-corrected chi connectivity index (χ1v) is 8.38. The second-order valence-corrected chi connectivity index (χ2v) is 5.82. The number of hydrogen-bond acceptors (Lipinski definition) is 4. The molecule has 1 N–H and O–H groups in total. The van der Waals surface area contributed by atoms with Gasteiger partial charge in [0.05, 0.1) is 25.6 Å². The minimum atomic E-state index is -0.255. The summed E-state index contributed by atoms with van der Waals surface area (Å²) in [5.74, 6) is 1.32. The zero-order valence-corrected chi connectivity index (χ0v) is 14.9. The summed E-state index contributed by atoms with van der Waals surface area (Å²) in [5, 5.41) is 3.36. The van der Waals surface area contributed by atoms with Crippen LogP contribution in [-0.2, 0) is 17.8 Å². The monoisotopic (exact) mass is 355 g/mol. The lowest BCUT2D eigenvalue weighted by molar-refractivity contribution is 0.188. The van der Waals surface area contributed by atoms with Gasteiger partial charge in [-0.25, -0.2) is 9.37 Å². The lowest BCUT2D eigenvalue weighted by Crippen LogP contribution is -2.11. The third-order valence-corrected chi connectivity index (χ3v) is 4.12. The van der Waals surface area contributed by atoms with Gasteiger partial charge in [-0.05, 0) is 42.0 Å². The molecule has 0 radical (unpaired) electrons. The number of nitrogens with zero attached hydrogens (tertiary/aromatic N) is 2. The number of benzene rings is 2. The first-order chi connectivity index (χ1) is 12.7. The lowest BCUT2D eigenvalue weighted by atomic mass is 10.1. The standard InChI is InChI=1S/C20H22FN3O2/c1-25-12-11-24-19(16-5-7-17(21)8-6-16)14-23-20(24)22-13-15-3-9-18(26-2)10-4-15/h3-10,14H,11-13H2,1-2H3,(H,22,23). The fourth-order valence-electron chi connectivity index (χ4n) is 2.70. The molecule has 0 amide bonds. The number of methoxy groups -OCH3 is 2. The van der Waals surface area contributed by atoms with E-state index >= 15 is 0 Å². The maximum Gasteiger partial charge on any atom is 0.203 e. The van der Waals surface area contributed by atoms with Crippen LogP contribution in [0.1, 0.15) is 5.56 Å². The molecule has 0 aliphatic rings. The SMILES string of the molecule is COCCn1c(-c2ccc(F)cc2)cnc1NCc1ccc(OC)cc1. The van der Waals surface area contributed by atoms with Crippen molar-refractivity contribution in [2.24, 2.45) is 0 Å². The quantitative estimate of drug-likeness (QED) is 0.664. The number of hydrogen-bond donors (Lipinski definition) is 1. The number of aromatic nitrogens is 2. The van der Waals surface area contributed by atoms with Crippen molar-refractivity contribution in [1.29, 1.82) is 0 Å². The third-order valence-electron chi connectivity index (χ3n) is 4.12. The van der Waals surface area contributed by atoms with E-state index in [0.717, 1.165) is 28.5 Å². The average Bonchev–Trinajstić information content (AvgIpc) is 3.08. The van der Waals surface area contributed by atoms with Crippen LogP contribution in [0.4, 0.5) is 10.3 Å². The molecule has 0 aliphatic heterocycles. The van der Waals surface area contributed by atoms with Crippen molar-refractivity contribution in [3.63, 3.8) is 0 Å². The van der Waals surface area contributed by atoms with E-state index in [1.165, 1.54) is 12.1 Å². The first kappa shape index (κ1) is 17.9. The van der Waals surface area contributed by atoms with Gasteiger partial charge in [-0.3, -0.25) is 0 Å². The number of halogens is 1. The van der Waals surface area contributed by atoms with Crippen LogP contribution in [0, 0.1) is 5.82 Å². The average molecular weight is 355 g/mol. The Morgan fingerprint density at radius 3 is 2.42 bits per heavy atom. The van der Waals surface area contributed by atoms with Crippen molar-refractivity contribution in [3.05, 3.63) is 66.1 Å². The molecule has 136 valence electrons. The van der Waals surface area contributed by atoms with Crippen LogP contribution in [0.25, 0.3) is 11.3 Å². The van der Waals surface area contributed by atoms with E-state index in [0.29, 0.717) is 19.7 Å². The summed E-state index contributed by atoms with van der Waals surface area (Å²) in [5.41, 5.74) is 2.95. The van der Waals surface area contributed by atoms with E-state index in [1.807, 2.05) is 28.8 Å². The molecular weight excluding hydrogens is 333 g/mol. The fraction of sp³-hybridized carbons (Fsp3) is 0.250. The molecule has 26 heavy (non-hydrogen) atoms. The van der Waals surface area contributed by atoms with Gasteiger partial charge in [-0.2, -0.15) is 0 Å². The number of anilines is 1. The Hall–Kier alpha value is -2.86. The van der Waals surface area contributed by atoms with Gasteiger partial charge < -0.3 is 19.4 Å². The molecule has 0 spiro atoms. The van der Waals surface area contributed by atoms with E-state index in [-0.39, 0.29) is 5.82 Å². The van der Waals surface area contributed by atoms with Crippen molar-refractivity contribution in [3.8, 4) is 17.0 Å². The van der Waals surface area contributed by atoms with Crippen LogP contribution >= 0.6 is 0 Å². The van der Waals surface area contributed by atoms with Gasteiger partial charge >= 0.3 is 0 Å². The summed E-state index contributed by atoms with van der Waals surface area (Å²) in [6, 6.07) is 14.3. The van der Waals surface area contributed by atoms with Gasteiger partial charge in [0.15, 0.2) is 0 Å². The van der Waals surface area contributed by atoms with Crippen molar-refractivity contribution >= 4 is 5.95 Å². The number of rotatable bonds is 8. The van der Waals surface area contributed by atoms with E-state index < -0.39 is 0 Å². The van der Waals surface area contributed by atoms with Crippen LogP contribution < -0.4 is 10.1 Å². The molecule has 0 aliphatic carbocycles. The van der Waals surface area contributed by atoms with Gasteiger partial charge in [-0.1, -0.05) is 12.1 Å². The molecule has 0 atom stereocenters. The minimum Gasteiger partial charge on any atom is -0.497 e. The second-order valence-electron chi connectivity index (χ2n) is 5.82. The highest BCUT2D eigenvalue weighted by Gasteiger charge is 2.12. The molecule has 1 heterocycles. The largest absolute Gasteiger partial charge is 0.497 e. The van der Waals surface area contributed by atoms with Crippen LogP contribution in [0.3, 0.4) is 0 Å². The summed E-state index contributed by atoms with van der Waals surface area (Å²) >= 11 is 0. The van der Waals surface area contributed by atoms with Crippen LogP contribution in [0.15, 0.2) is 54.7 Å². The number of imidazole rings is 1. The maximum absolute atomic E-state index is 13.2. The highest BCUT2D eigenvalue weighted by molar-refractivity contribution is 5.61. The molecule has 0 fully saturated rings. The molecule has 0 unspecified atom stereocenters. The summed E-state index contributed by atoms with van der Waals surface area (Å²) in [7, 11) is 3.32. The molecule has 5 nitrogen and oxygen atoms in total. The molecule has 6 heteroatoms. The Morgan fingerprint density at radius 2 is 1.77 bits per heavy atom. The Balaban J connectivity index is 1.80. The van der Waals surface area contributed by atoms with E-state index in [2.05, 4.69) is 10.3 Å². The molecule has 2 aromatic carbocycles. The van der Waals surface area contributed by atoms with Gasteiger partial charge in [0.1, 0.15) is 11.6 Å². The van der Waals surface area contributed by atoms with Crippen molar-refractivity contribution < 1.29 is 13.9 Å². The molecular formula is C20H22FN3O2. The molecule has 0 saturated carbocycles. The molecule has 0 saturated heterocycles. The van der Waals surface area contributed by atoms with Crippen LogP contribution in [-0.4, -0.2) is 30.4 Å². The van der Waals surface area contributed by atoms with Gasteiger partial charge in [-0.15, -0.1) is 0 Å². The fourth-order valence-corrected chi connectivity index (χ4v) is 2.70. The smallest absolute Gasteiger partial charge is 0.203 e. The van der Waals surface area contributed by atoms with E-state index in [9.17, 15) is 4.39 Å². The lowest BCUT2D eigenvalue weighted by Gasteiger charge is -2.13. The van der Waals surface area contributed by atoms with Crippen molar-refractivity contribution in [2.45, 2.75) is 13.1 Å². The minimum absolute atomic E-state index is 0.255. The van der Waals surface area contributed by atoms with Crippen LogP contribution in [0.5, 0.6) is 5.75 Å². The van der Waals surface area contributed by atoms with E-state index in [1.54, 1.807) is 32.5 Å². The zero-order chi connectivity index (χ0) is 18.4. The Labute approximate surface area is 152 Å². The second kappa shape index (κ2) is 8.49.